The molecule has 5 nitrogen and oxygen atoms in total. The van der Waals surface area contributed by atoms with Crippen LogP contribution in [0.1, 0.15) is 122 Å². The first-order valence-electron chi connectivity index (χ1n) is 12.4. The van der Waals surface area contributed by atoms with Gasteiger partial charge in [0.05, 0.1) is 11.7 Å². The summed E-state index contributed by atoms with van der Waals surface area (Å²) in [6.45, 7) is 6.29. The maximum Gasteiger partial charge on any atom is 0.247 e. The molecule has 0 aliphatic heterocycles. The van der Waals surface area contributed by atoms with Gasteiger partial charge in [0.2, 0.25) is 10.0 Å². The largest absolute Gasteiger partial charge is 0.268 e. The van der Waals surface area contributed by atoms with Crippen LogP contribution >= 0.6 is 0 Å². The van der Waals surface area contributed by atoms with Crippen LogP contribution in [0.15, 0.2) is 11.1 Å². The lowest BCUT2D eigenvalue weighted by atomic mass is 9.91. The van der Waals surface area contributed by atoms with Gasteiger partial charge in [-0.15, -0.1) is 0 Å². The van der Waals surface area contributed by atoms with Crippen LogP contribution in [-0.4, -0.2) is 34.6 Å². The van der Waals surface area contributed by atoms with Crippen LogP contribution in [-0.2, 0) is 15.4 Å². The van der Waals surface area contributed by atoms with E-state index in [1.165, 1.54) is 25.7 Å². The number of rotatable bonds is 5. The van der Waals surface area contributed by atoms with Gasteiger partial charge in [0, 0.05) is 23.7 Å². The fourth-order valence-electron chi connectivity index (χ4n) is 5.91. The zero-order chi connectivity index (χ0) is 21.4. The first kappa shape index (κ1) is 22.3. The predicted molar refractivity (Wildman–Crippen MR) is 121 cm³/mol. The smallest absolute Gasteiger partial charge is 0.247 e. The van der Waals surface area contributed by atoms with E-state index in [9.17, 15) is 8.42 Å². The molecular formula is C24H41N3O2S. The van der Waals surface area contributed by atoms with Crippen molar-refractivity contribution < 1.29 is 8.42 Å². The first-order chi connectivity index (χ1) is 14.3. The number of hydrogen-bond donors (Lipinski definition) is 0. The lowest BCUT2D eigenvalue weighted by molar-refractivity contribution is 0.169. The number of aromatic nitrogens is 2. The highest BCUT2D eigenvalue weighted by molar-refractivity contribution is 7.89. The average molecular weight is 436 g/mol. The summed E-state index contributed by atoms with van der Waals surface area (Å²) in [5.41, 5.74) is 0.461. The Labute approximate surface area is 183 Å². The van der Waals surface area contributed by atoms with E-state index in [0.717, 1.165) is 69.9 Å². The third kappa shape index (κ3) is 4.50. The van der Waals surface area contributed by atoms with Gasteiger partial charge in [-0.25, -0.2) is 8.42 Å². The Morgan fingerprint density at radius 2 is 1.30 bits per heavy atom. The number of hydrogen-bond acceptors (Lipinski definition) is 3. The summed E-state index contributed by atoms with van der Waals surface area (Å²) < 4.78 is 32.6. The molecule has 0 unspecified atom stereocenters. The van der Waals surface area contributed by atoms with Gasteiger partial charge < -0.3 is 0 Å². The quantitative estimate of drug-likeness (QED) is 0.574. The van der Waals surface area contributed by atoms with Crippen molar-refractivity contribution in [3.8, 4) is 0 Å². The Morgan fingerprint density at radius 1 is 0.833 bits per heavy atom. The van der Waals surface area contributed by atoms with Crippen LogP contribution in [0.25, 0.3) is 0 Å². The van der Waals surface area contributed by atoms with Crippen molar-refractivity contribution in [2.45, 2.75) is 139 Å². The monoisotopic (exact) mass is 435 g/mol. The van der Waals surface area contributed by atoms with E-state index in [0.29, 0.717) is 10.9 Å². The van der Waals surface area contributed by atoms with Crippen molar-refractivity contribution in [1.29, 1.82) is 0 Å². The maximum atomic E-state index is 14.3. The summed E-state index contributed by atoms with van der Waals surface area (Å²) in [6.07, 6.45) is 17.7. The number of sulfonamides is 1. The molecule has 0 atom stereocenters. The molecule has 0 amide bonds. The molecule has 30 heavy (non-hydrogen) atoms. The Kier molecular flexibility index (Phi) is 6.64. The van der Waals surface area contributed by atoms with Gasteiger partial charge in [-0.1, -0.05) is 72.1 Å². The van der Waals surface area contributed by atoms with Gasteiger partial charge in [0.1, 0.15) is 4.90 Å². The second-order valence-corrected chi connectivity index (χ2v) is 12.7. The molecule has 1 aromatic heterocycles. The van der Waals surface area contributed by atoms with Gasteiger partial charge in [-0.2, -0.15) is 9.40 Å². The zero-order valence-electron chi connectivity index (χ0n) is 19.3. The van der Waals surface area contributed by atoms with Crippen molar-refractivity contribution >= 4 is 10.0 Å². The molecule has 0 spiro atoms. The van der Waals surface area contributed by atoms with Gasteiger partial charge >= 0.3 is 0 Å². The molecular weight excluding hydrogens is 394 g/mol. The third-order valence-corrected chi connectivity index (χ3v) is 9.54. The van der Waals surface area contributed by atoms with Crippen molar-refractivity contribution in [2.24, 2.45) is 0 Å². The summed E-state index contributed by atoms with van der Waals surface area (Å²) in [5, 5.41) is 4.91. The summed E-state index contributed by atoms with van der Waals surface area (Å²) in [4.78, 5) is 0.484. The van der Waals surface area contributed by atoms with Crippen LogP contribution in [0.3, 0.4) is 0 Å². The van der Waals surface area contributed by atoms with Gasteiger partial charge in [0.15, 0.2) is 0 Å². The average Bonchev–Trinajstić information content (AvgIpc) is 3.39. The standard InChI is InChI=1S/C24H41N3O2S/c1-24(2,3)23-22(18-26(25-23)19-12-10-11-13-19)30(28,29)27(20-14-6-4-7-15-20)21-16-8-5-9-17-21/h18-21H,4-17H2,1-3H3. The fourth-order valence-corrected chi connectivity index (χ4v) is 8.18. The minimum atomic E-state index is -3.57. The molecule has 6 heteroatoms. The van der Waals surface area contributed by atoms with Crippen LogP contribution < -0.4 is 0 Å². The molecule has 0 N–H and O–H groups in total. The fraction of sp³-hybridized carbons (Fsp3) is 0.875. The SMILES string of the molecule is CC(C)(C)c1nn(C2CCCC2)cc1S(=O)(=O)N(C1CCCCC1)C1CCCCC1. The van der Waals surface area contributed by atoms with Crippen molar-refractivity contribution in [3.05, 3.63) is 11.9 Å². The highest BCUT2D eigenvalue weighted by Gasteiger charge is 2.42. The minimum absolute atomic E-state index is 0.162. The van der Waals surface area contributed by atoms with Crippen LogP contribution in [0, 0.1) is 0 Å². The predicted octanol–water partition coefficient (Wildman–Crippen LogP) is 5.95. The van der Waals surface area contributed by atoms with E-state index >= 15 is 0 Å². The third-order valence-electron chi connectivity index (χ3n) is 7.53. The van der Waals surface area contributed by atoms with E-state index in [1.54, 1.807) is 0 Å². The summed E-state index contributed by atoms with van der Waals surface area (Å²) in [6, 6.07) is 0.678. The number of nitrogens with zero attached hydrogens (tertiary/aromatic N) is 3. The van der Waals surface area contributed by atoms with Gasteiger partial charge in [-0.05, 0) is 38.5 Å². The van der Waals surface area contributed by atoms with E-state index in [-0.39, 0.29) is 17.5 Å². The van der Waals surface area contributed by atoms with Crippen LogP contribution in [0.2, 0.25) is 0 Å². The molecule has 1 aromatic rings. The highest BCUT2D eigenvalue weighted by atomic mass is 32.2. The van der Waals surface area contributed by atoms with E-state index in [1.807, 2.05) is 15.2 Å². The lowest BCUT2D eigenvalue weighted by Crippen LogP contribution is -2.49. The zero-order valence-corrected chi connectivity index (χ0v) is 20.1. The molecule has 0 aromatic carbocycles. The van der Waals surface area contributed by atoms with Crippen molar-refractivity contribution in [1.82, 2.24) is 14.1 Å². The van der Waals surface area contributed by atoms with Crippen molar-refractivity contribution in [3.63, 3.8) is 0 Å². The van der Waals surface area contributed by atoms with E-state index in [2.05, 4.69) is 20.8 Å². The Bertz CT molecular complexity index is 788. The highest BCUT2D eigenvalue weighted by Crippen LogP contribution is 2.39. The summed E-state index contributed by atoms with van der Waals surface area (Å²) >= 11 is 0. The lowest BCUT2D eigenvalue weighted by Gasteiger charge is -2.40. The summed E-state index contributed by atoms with van der Waals surface area (Å²) in [7, 11) is -3.57. The topological polar surface area (TPSA) is 55.2 Å². The molecule has 3 aliphatic rings. The molecule has 0 bridgehead atoms. The summed E-state index contributed by atoms with van der Waals surface area (Å²) in [5.74, 6) is 0. The second kappa shape index (κ2) is 8.93. The Hall–Kier alpha value is -0.880. The minimum Gasteiger partial charge on any atom is -0.268 e. The molecule has 3 fully saturated rings. The second-order valence-electron chi connectivity index (χ2n) is 10.9. The van der Waals surface area contributed by atoms with E-state index in [4.69, 9.17) is 5.10 Å². The molecule has 4 rings (SSSR count). The van der Waals surface area contributed by atoms with Crippen LogP contribution in [0.4, 0.5) is 0 Å². The Morgan fingerprint density at radius 3 is 1.77 bits per heavy atom. The van der Waals surface area contributed by atoms with Crippen LogP contribution in [0.5, 0.6) is 0 Å². The van der Waals surface area contributed by atoms with Gasteiger partial charge in [-0.3, -0.25) is 4.68 Å². The first-order valence-corrected chi connectivity index (χ1v) is 13.9. The molecule has 170 valence electrons. The molecule has 0 saturated heterocycles. The van der Waals surface area contributed by atoms with Gasteiger partial charge in [0.25, 0.3) is 0 Å². The Balaban J connectivity index is 1.76. The molecule has 1 heterocycles. The molecule has 0 radical (unpaired) electrons. The van der Waals surface area contributed by atoms with Crippen molar-refractivity contribution in [2.75, 3.05) is 0 Å². The van der Waals surface area contributed by atoms with E-state index < -0.39 is 10.0 Å². The molecule has 3 saturated carbocycles. The molecule has 3 aliphatic carbocycles. The normalized spacial score (nSPS) is 23.5. The maximum absolute atomic E-state index is 14.3.